The highest BCUT2D eigenvalue weighted by Gasteiger charge is 2.39. The maximum atomic E-state index is 9.11. The van der Waals surface area contributed by atoms with Crippen LogP contribution in [0.4, 0.5) is 0 Å². The van der Waals surface area contributed by atoms with Gasteiger partial charge in [-0.3, -0.25) is 0 Å². The summed E-state index contributed by atoms with van der Waals surface area (Å²) in [5, 5.41) is 35.4. The average molecular weight is 164 g/mol. The van der Waals surface area contributed by atoms with Crippen LogP contribution in [0.15, 0.2) is 0 Å². The first-order chi connectivity index (χ1) is 5.16. The Morgan fingerprint density at radius 2 is 2.09 bits per heavy atom. The van der Waals surface area contributed by atoms with Crippen LogP contribution in [0.1, 0.15) is 0 Å². The summed E-state index contributed by atoms with van der Waals surface area (Å²) >= 11 is 0. The van der Waals surface area contributed by atoms with Gasteiger partial charge in [0.25, 0.3) is 0 Å². The highest BCUT2D eigenvalue weighted by molar-refractivity contribution is 4.87. The van der Waals surface area contributed by atoms with Gasteiger partial charge in [0, 0.05) is 0 Å². The van der Waals surface area contributed by atoms with E-state index in [2.05, 4.69) is 0 Å². The second-order valence-corrected chi connectivity index (χ2v) is 2.61. The first-order valence-corrected chi connectivity index (χ1v) is 3.43. The third kappa shape index (κ3) is 1.69. The van der Waals surface area contributed by atoms with Crippen molar-refractivity contribution in [2.24, 2.45) is 0 Å². The first kappa shape index (κ1) is 8.89. The van der Waals surface area contributed by atoms with Crippen molar-refractivity contribution in [2.45, 2.75) is 24.4 Å². The van der Waals surface area contributed by atoms with Gasteiger partial charge in [0.05, 0.1) is 13.2 Å². The monoisotopic (exact) mass is 164 g/mol. The Balaban J connectivity index is 2.34. The molecule has 0 aromatic carbocycles. The molecule has 0 aliphatic carbocycles. The molecule has 0 amide bonds. The lowest BCUT2D eigenvalue weighted by Gasteiger charge is -2.37. The summed E-state index contributed by atoms with van der Waals surface area (Å²) in [5.41, 5.74) is 0. The molecule has 0 saturated carbocycles. The van der Waals surface area contributed by atoms with Crippen molar-refractivity contribution in [1.82, 2.24) is 0 Å². The molecule has 0 spiro atoms. The number of hydrogen-bond donors (Lipinski definition) is 4. The van der Waals surface area contributed by atoms with Crippen LogP contribution in [0.5, 0.6) is 0 Å². The summed E-state index contributed by atoms with van der Waals surface area (Å²) in [7, 11) is 0. The second-order valence-electron chi connectivity index (χ2n) is 2.61. The summed E-state index contributed by atoms with van der Waals surface area (Å²) in [6.07, 6.45) is -3.93. The van der Waals surface area contributed by atoms with Crippen LogP contribution < -0.4 is 0 Å². The highest BCUT2D eigenvalue weighted by Crippen LogP contribution is 2.18. The van der Waals surface area contributed by atoms with Gasteiger partial charge in [0.1, 0.15) is 24.4 Å². The van der Waals surface area contributed by atoms with E-state index in [4.69, 9.17) is 25.2 Å². The van der Waals surface area contributed by atoms with Crippen LogP contribution in [0.2, 0.25) is 0 Å². The van der Waals surface area contributed by atoms with Crippen molar-refractivity contribution in [3.8, 4) is 0 Å². The van der Waals surface area contributed by atoms with Crippen molar-refractivity contribution < 1.29 is 25.2 Å². The molecule has 1 saturated heterocycles. The zero-order chi connectivity index (χ0) is 8.43. The third-order valence-corrected chi connectivity index (χ3v) is 1.76. The van der Waals surface area contributed by atoms with Crippen LogP contribution in [0, 0.1) is 0 Å². The average Bonchev–Trinajstić information content (AvgIpc) is 2.00. The zero-order valence-electron chi connectivity index (χ0n) is 5.92. The summed E-state index contributed by atoms with van der Waals surface area (Å²) in [5.74, 6) is 0. The molecule has 11 heavy (non-hydrogen) atoms. The molecule has 0 aromatic heterocycles. The molecule has 66 valence electrons. The summed E-state index contributed by atoms with van der Waals surface area (Å²) in [6.45, 7) is -0.354. The molecule has 1 heterocycles. The Labute approximate surface area is 63.8 Å². The van der Waals surface area contributed by atoms with Crippen molar-refractivity contribution in [3.05, 3.63) is 0 Å². The predicted molar refractivity (Wildman–Crippen MR) is 34.8 cm³/mol. The second kappa shape index (κ2) is 3.46. The van der Waals surface area contributed by atoms with Gasteiger partial charge in [-0.05, 0) is 0 Å². The molecule has 1 aliphatic heterocycles. The van der Waals surface area contributed by atoms with Gasteiger partial charge in [0.2, 0.25) is 0 Å². The van der Waals surface area contributed by atoms with Crippen molar-refractivity contribution >= 4 is 0 Å². The lowest BCUT2D eigenvalue weighted by molar-refractivity contribution is -0.221. The maximum absolute atomic E-state index is 9.11. The minimum atomic E-state index is -1.24. The van der Waals surface area contributed by atoms with Crippen LogP contribution in [-0.2, 0) is 4.74 Å². The molecule has 4 N–H and O–H groups in total. The molecule has 5 heteroatoms. The molecule has 5 nitrogen and oxygen atoms in total. The predicted octanol–water partition coefficient (Wildman–Crippen LogP) is -2.54. The van der Waals surface area contributed by atoms with Gasteiger partial charge < -0.3 is 25.2 Å². The fraction of sp³-hybridized carbons (Fsp3) is 1.00. The summed E-state index contributed by atoms with van der Waals surface area (Å²) in [6, 6.07) is 0. The van der Waals surface area contributed by atoms with Crippen LogP contribution in [0.25, 0.3) is 0 Å². The van der Waals surface area contributed by atoms with E-state index in [-0.39, 0.29) is 6.61 Å². The molecule has 1 fully saturated rings. The van der Waals surface area contributed by atoms with Gasteiger partial charge in [0.15, 0.2) is 0 Å². The quantitative estimate of drug-likeness (QED) is 0.369. The van der Waals surface area contributed by atoms with E-state index in [0.29, 0.717) is 0 Å². The van der Waals surface area contributed by atoms with Crippen LogP contribution in [0.3, 0.4) is 0 Å². The fourth-order valence-corrected chi connectivity index (χ4v) is 0.947. The summed E-state index contributed by atoms with van der Waals surface area (Å²) < 4.78 is 4.76. The lowest BCUT2D eigenvalue weighted by Crippen LogP contribution is -2.56. The van der Waals surface area contributed by atoms with Crippen LogP contribution in [-0.4, -0.2) is 58.1 Å². The number of aliphatic hydroxyl groups is 4. The fourth-order valence-electron chi connectivity index (χ4n) is 0.947. The Morgan fingerprint density at radius 3 is 2.36 bits per heavy atom. The van der Waals surface area contributed by atoms with Gasteiger partial charge in [-0.2, -0.15) is 0 Å². The Kier molecular flexibility index (Phi) is 2.80. The van der Waals surface area contributed by atoms with E-state index >= 15 is 0 Å². The molecule has 0 aromatic rings. The van der Waals surface area contributed by atoms with Crippen LogP contribution >= 0.6 is 0 Å². The molecule has 1 rings (SSSR count). The third-order valence-electron chi connectivity index (χ3n) is 1.76. The van der Waals surface area contributed by atoms with E-state index in [1.807, 2.05) is 0 Å². The number of ether oxygens (including phenoxy) is 1. The summed E-state index contributed by atoms with van der Waals surface area (Å²) in [4.78, 5) is 0. The largest absolute Gasteiger partial charge is 0.394 e. The SMILES string of the molecule is OC[C@@H](O)[C@@H](O)[C@@H]1OC[C@H]1O. The zero-order valence-corrected chi connectivity index (χ0v) is 5.92. The standard InChI is InChI=1S/C6H12O5/c7-1-3(8)5(10)6-4(9)2-11-6/h3-10H,1-2H2/t3-,4-,5-,6-/m1/s1. The van der Waals surface area contributed by atoms with Crippen molar-refractivity contribution in [2.75, 3.05) is 13.2 Å². The molecular weight excluding hydrogens is 152 g/mol. The molecule has 0 unspecified atom stereocenters. The Morgan fingerprint density at radius 1 is 1.45 bits per heavy atom. The van der Waals surface area contributed by atoms with Crippen molar-refractivity contribution in [1.29, 1.82) is 0 Å². The molecule has 0 bridgehead atoms. The minimum absolute atomic E-state index is 0.180. The maximum Gasteiger partial charge on any atom is 0.114 e. The van der Waals surface area contributed by atoms with Gasteiger partial charge in [-0.25, -0.2) is 0 Å². The number of hydrogen-bond acceptors (Lipinski definition) is 5. The molecular formula is C6H12O5. The molecule has 4 atom stereocenters. The first-order valence-electron chi connectivity index (χ1n) is 3.43. The van der Waals surface area contributed by atoms with E-state index in [1.165, 1.54) is 0 Å². The van der Waals surface area contributed by atoms with E-state index in [1.54, 1.807) is 0 Å². The number of aliphatic hydroxyl groups excluding tert-OH is 4. The smallest absolute Gasteiger partial charge is 0.114 e. The van der Waals surface area contributed by atoms with Gasteiger partial charge in [-0.15, -0.1) is 0 Å². The van der Waals surface area contributed by atoms with Gasteiger partial charge >= 0.3 is 0 Å². The molecule has 1 aliphatic rings. The van der Waals surface area contributed by atoms with Gasteiger partial charge in [-0.1, -0.05) is 0 Å². The Bertz CT molecular complexity index is 128. The highest BCUT2D eigenvalue weighted by atomic mass is 16.6. The lowest BCUT2D eigenvalue weighted by atomic mass is 10.00. The normalized spacial score (nSPS) is 36.0. The topological polar surface area (TPSA) is 90.2 Å². The number of rotatable bonds is 3. The Hall–Kier alpha value is -0.200. The van der Waals surface area contributed by atoms with E-state index < -0.39 is 31.0 Å². The molecule has 0 radical (unpaired) electrons. The van der Waals surface area contributed by atoms with E-state index in [9.17, 15) is 0 Å². The van der Waals surface area contributed by atoms with E-state index in [0.717, 1.165) is 0 Å². The van der Waals surface area contributed by atoms with Crippen molar-refractivity contribution in [3.63, 3.8) is 0 Å². The minimum Gasteiger partial charge on any atom is -0.394 e.